The Morgan fingerprint density at radius 1 is 1.33 bits per heavy atom. The Hall–Kier alpha value is -1.08. The van der Waals surface area contributed by atoms with Gasteiger partial charge in [-0.15, -0.1) is 0 Å². The van der Waals surface area contributed by atoms with Gasteiger partial charge < -0.3 is 4.90 Å². The molecule has 1 aliphatic heterocycles. The van der Waals surface area contributed by atoms with Crippen LogP contribution >= 0.6 is 0 Å². The average Bonchev–Trinajstić information content (AvgIpc) is 2.83. The molecule has 2 fully saturated rings. The Bertz CT molecular complexity index is 343. The van der Waals surface area contributed by atoms with Crippen LogP contribution in [0.4, 0.5) is 0 Å². The number of likely N-dealkylation sites (N-methyl/N-ethyl adjacent to an activating group) is 1. The predicted octanol–water partition coefficient (Wildman–Crippen LogP) is 1.76. The third-order valence-corrected chi connectivity index (χ3v) is 4.45. The lowest BCUT2D eigenvalue weighted by molar-refractivity contribution is -0.139. The van der Waals surface area contributed by atoms with Crippen molar-refractivity contribution >= 4 is 5.91 Å². The van der Waals surface area contributed by atoms with Crippen LogP contribution in [-0.2, 0) is 4.79 Å². The quantitative estimate of drug-likeness (QED) is 0.749. The Morgan fingerprint density at radius 2 is 2.00 bits per heavy atom. The van der Waals surface area contributed by atoms with Gasteiger partial charge in [0.1, 0.15) is 6.04 Å². The third-order valence-electron chi connectivity index (χ3n) is 4.45. The summed E-state index contributed by atoms with van der Waals surface area (Å²) >= 11 is 0. The molecule has 2 rings (SSSR count). The number of nitrogens with zero attached hydrogens (tertiary/aromatic N) is 3. The monoisotopic (exact) mass is 249 g/mol. The Labute approximate surface area is 110 Å². The second-order valence-electron chi connectivity index (χ2n) is 5.68. The van der Waals surface area contributed by atoms with Crippen molar-refractivity contribution in [2.45, 2.75) is 63.6 Å². The molecule has 4 heteroatoms. The smallest absolute Gasteiger partial charge is 0.241 e. The SMILES string of the molecule is CC1CCN(C)C(CC#N)C(=O)N1C1CCCC1. The first kappa shape index (κ1) is 13.4. The predicted molar refractivity (Wildman–Crippen MR) is 69.8 cm³/mol. The highest BCUT2D eigenvalue weighted by molar-refractivity contribution is 5.83. The van der Waals surface area contributed by atoms with Gasteiger partial charge in [-0.05, 0) is 33.2 Å². The minimum absolute atomic E-state index is 0.177. The number of hydrogen-bond acceptors (Lipinski definition) is 3. The van der Waals surface area contributed by atoms with Crippen molar-refractivity contribution in [2.24, 2.45) is 0 Å². The van der Waals surface area contributed by atoms with Gasteiger partial charge >= 0.3 is 0 Å². The van der Waals surface area contributed by atoms with Crippen molar-refractivity contribution in [1.82, 2.24) is 9.80 Å². The number of hydrogen-bond donors (Lipinski definition) is 0. The summed E-state index contributed by atoms with van der Waals surface area (Å²) in [5.41, 5.74) is 0. The van der Waals surface area contributed by atoms with Crippen LogP contribution in [0.1, 0.15) is 45.4 Å². The van der Waals surface area contributed by atoms with Gasteiger partial charge in [0.2, 0.25) is 5.91 Å². The topological polar surface area (TPSA) is 47.3 Å². The molecule has 0 aromatic rings. The molecule has 1 saturated heterocycles. The highest BCUT2D eigenvalue weighted by Gasteiger charge is 2.38. The maximum atomic E-state index is 12.7. The molecular formula is C14H23N3O. The largest absolute Gasteiger partial charge is 0.336 e. The second kappa shape index (κ2) is 5.71. The van der Waals surface area contributed by atoms with Crippen LogP contribution in [0.2, 0.25) is 0 Å². The molecule has 18 heavy (non-hydrogen) atoms. The van der Waals surface area contributed by atoms with Gasteiger partial charge in [-0.25, -0.2) is 0 Å². The van der Waals surface area contributed by atoms with E-state index in [0.29, 0.717) is 18.5 Å². The van der Waals surface area contributed by atoms with Gasteiger partial charge in [0.15, 0.2) is 0 Å². The Balaban J connectivity index is 2.19. The number of carbonyl (C=O) groups excluding carboxylic acids is 1. The first-order valence-electron chi connectivity index (χ1n) is 7.04. The normalized spacial score (nSPS) is 31.4. The average molecular weight is 249 g/mol. The summed E-state index contributed by atoms with van der Waals surface area (Å²) in [7, 11) is 1.96. The van der Waals surface area contributed by atoms with Gasteiger partial charge in [0, 0.05) is 18.6 Å². The van der Waals surface area contributed by atoms with E-state index in [-0.39, 0.29) is 11.9 Å². The van der Waals surface area contributed by atoms with E-state index in [0.717, 1.165) is 25.8 Å². The lowest BCUT2D eigenvalue weighted by Gasteiger charge is -2.35. The van der Waals surface area contributed by atoms with E-state index in [9.17, 15) is 4.79 Å². The first-order chi connectivity index (χ1) is 8.65. The highest BCUT2D eigenvalue weighted by atomic mass is 16.2. The molecule has 1 heterocycles. The minimum atomic E-state index is -0.236. The molecule has 4 nitrogen and oxygen atoms in total. The van der Waals surface area contributed by atoms with E-state index in [4.69, 9.17) is 5.26 Å². The lowest BCUT2D eigenvalue weighted by atomic mass is 10.1. The van der Waals surface area contributed by atoms with Crippen LogP contribution in [-0.4, -0.2) is 47.4 Å². The molecule has 0 radical (unpaired) electrons. The maximum Gasteiger partial charge on any atom is 0.241 e. The fraction of sp³-hybridized carbons (Fsp3) is 0.857. The first-order valence-corrected chi connectivity index (χ1v) is 7.04. The molecule has 0 bridgehead atoms. The molecule has 1 saturated carbocycles. The van der Waals surface area contributed by atoms with Crippen molar-refractivity contribution in [2.75, 3.05) is 13.6 Å². The molecule has 1 amide bonds. The van der Waals surface area contributed by atoms with Crippen LogP contribution in [0.5, 0.6) is 0 Å². The summed E-state index contributed by atoms with van der Waals surface area (Å²) in [6.07, 6.45) is 6.07. The lowest BCUT2D eigenvalue weighted by Crippen LogP contribution is -2.50. The van der Waals surface area contributed by atoms with Crippen molar-refractivity contribution in [3.05, 3.63) is 0 Å². The molecule has 2 atom stereocenters. The maximum absolute atomic E-state index is 12.7. The van der Waals surface area contributed by atoms with Crippen LogP contribution in [0.3, 0.4) is 0 Å². The van der Waals surface area contributed by atoms with Crippen LogP contribution in [0, 0.1) is 11.3 Å². The number of nitriles is 1. The van der Waals surface area contributed by atoms with Gasteiger partial charge in [-0.1, -0.05) is 12.8 Å². The molecule has 2 aliphatic rings. The van der Waals surface area contributed by atoms with Gasteiger partial charge in [-0.2, -0.15) is 5.26 Å². The van der Waals surface area contributed by atoms with Crippen molar-refractivity contribution in [3.63, 3.8) is 0 Å². The van der Waals surface area contributed by atoms with Crippen molar-refractivity contribution in [3.8, 4) is 6.07 Å². The van der Waals surface area contributed by atoms with E-state index < -0.39 is 0 Å². The molecule has 0 aromatic heterocycles. The number of carbonyl (C=O) groups is 1. The molecule has 0 aromatic carbocycles. The van der Waals surface area contributed by atoms with Gasteiger partial charge in [-0.3, -0.25) is 9.69 Å². The summed E-state index contributed by atoms with van der Waals surface area (Å²) in [5.74, 6) is 0.177. The summed E-state index contributed by atoms with van der Waals surface area (Å²) in [6.45, 7) is 3.06. The van der Waals surface area contributed by atoms with E-state index in [1.807, 2.05) is 7.05 Å². The van der Waals surface area contributed by atoms with Crippen LogP contribution in [0.25, 0.3) is 0 Å². The van der Waals surface area contributed by atoms with E-state index in [1.54, 1.807) is 0 Å². The van der Waals surface area contributed by atoms with Crippen LogP contribution < -0.4 is 0 Å². The zero-order valence-corrected chi connectivity index (χ0v) is 11.4. The molecule has 2 unspecified atom stereocenters. The number of rotatable bonds is 2. The fourth-order valence-corrected chi connectivity index (χ4v) is 3.32. The summed E-state index contributed by atoms with van der Waals surface area (Å²) in [5, 5.41) is 8.92. The van der Waals surface area contributed by atoms with E-state index in [2.05, 4.69) is 22.8 Å². The van der Waals surface area contributed by atoms with E-state index >= 15 is 0 Å². The summed E-state index contributed by atoms with van der Waals surface area (Å²) < 4.78 is 0. The molecule has 0 N–H and O–H groups in total. The van der Waals surface area contributed by atoms with Crippen molar-refractivity contribution < 1.29 is 4.79 Å². The fourth-order valence-electron chi connectivity index (χ4n) is 3.32. The zero-order valence-electron chi connectivity index (χ0n) is 11.4. The van der Waals surface area contributed by atoms with Crippen LogP contribution in [0.15, 0.2) is 0 Å². The van der Waals surface area contributed by atoms with E-state index in [1.165, 1.54) is 12.8 Å². The highest BCUT2D eigenvalue weighted by Crippen LogP contribution is 2.29. The van der Waals surface area contributed by atoms with Crippen molar-refractivity contribution in [1.29, 1.82) is 5.26 Å². The molecule has 100 valence electrons. The Morgan fingerprint density at radius 3 is 2.61 bits per heavy atom. The third kappa shape index (κ3) is 2.51. The second-order valence-corrected chi connectivity index (χ2v) is 5.68. The van der Waals surface area contributed by atoms with Gasteiger partial charge in [0.05, 0.1) is 12.5 Å². The molecule has 1 aliphatic carbocycles. The standard InChI is InChI=1S/C14H23N3O/c1-11-8-10-16(2)13(7-9-15)14(18)17(11)12-5-3-4-6-12/h11-13H,3-8,10H2,1-2H3. The van der Waals surface area contributed by atoms with Gasteiger partial charge in [0.25, 0.3) is 0 Å². The summed E-state index contributed by atoms with van der Waals surface area (Å²) in [4.78, 5) is 16.8. The number of amides is 1. The summed E-state index contributed by atoms with van der Waals surface area (Å²) in [6, 6.07) is 2.66. The minimum Gasteiger partial charge on any atom is -0.336 e. The Kier molecular flexibility index (Phi) is 4.23. The zero-order chi connectivity index (χ0) is 13.1. The molecule has 0 spiro atoms. The molecular weight excluding hydrogens is 226 g/mol.